The van der Waals surface area contributed by atoms with E-state index in [0.717, 1.165) is 5.56 Å². The molecule has 0 bridgehead atoms. The zero-order valence-corrected chi connectivity index (χ0v) is 8.41. The van der Waals surface area contributed by atoms with Gasteiger partial charge in [0.2, 0.25) is 5.75 Å². The molecule has 76 valence electrons. The van der Waals surface area contributed by atoms with Gasteiger partial charge in [-0.1, -0.05) is 12.1 Å². The van der Waals surface area contributed by atoms with Crippen LogP contribution in [0, 0.1) is 0 Å². The molecule has 0 amide bonds. The summed E-state index contributed by atoms with van der Waals surface area (Å²) in [6.45, 7) is 3.61. The Morgan fingerprint density at radius 1 is 1.36 bits per heavy atom. The van der Waals surface area contributed by atoms with Gasteiger partial charge in [-0.25, -0.2) is 0 Å². The van der Waals surface area contributed by atoms with Crippen LogP contribution in [0.15, 0.2) is 24.8 Å². The average Bonchev–Trinajstić information content (AvgIpc) is 2.21. The Bertz CT molecular complexity index is 332. The molecule has 3 nitrogen and oxygen atoms in total. The van der Waals surface area contributed by atoms with Crippen LogP contribution in [0.1, 0.15) is 5.56 Å². The van der Waals surface area contributed by atoms with Crippen molar-refractivity contribution in [3.8, 4) is 17.2 Å². The van der Waals surface area contributed by atoms with Gasteiger partial charge in [-0.05, 0) is 12.5 Å². The number of rotatable bonds is 4. The first-order valence-electron chi connectivity index (χ1n) is 4.28. The van der Waals surface area contributed by atoms with Crippen LogP contribution in [0.25, 0.3) is 0 Å². The lowest BCUT2D eigenvalue weighted by Crippen LogP contribution is -1.93. The van der Waals surface area contributed by atoms with Crippen molar-refractivity contribution in [2.75, 3.05) is 14.2 Å². The summed E-state index contributed by atoms with van der Waals surface area (Å²) in [5.74, 6) is 1.01. The summed E-state index contributed by atoms with van der Waals surface area (Å²) in [7, 11) is 3.03. The van der Waals surface area contributed by atoms with Crippen molar-refractivity contribution < 1.29 is 14.6 Å². The summed E-state index contributed by atoms with van der Waals surface area (Å²) in [4.78, 5) is 0. The quantitative estimate of drug-likeness (QED) is 0.746. The molecule has 0 aliphatic carbocycles. The fraction of sp³-hybridized carbons (Fsp3) is 0.273. The molecule has 1 aromatic rings. The Labute approximate surface area is 83.6 Å². The molecule has 1 N–H and O–H groups in total. The second-order valence-electron chi connectivity index (χ2n) is 2.80. The second-order valence-corrected chi connectivity index (χ2v) is 2.80. The van der Waals surface area contributed by atoms with Crippen molar-refractivity contribution >= 4 is 0 Å². The van der Waals surface area contributed by atoms with Gasteiger partial charge >= 0.3 is 0 Å². The molecule has 0 atom stereocenters. The predicted molar refractivity (Wildman–Crippen MR) is 55.1 cm³/mol. The molecular weight excluding hydrogens is 180 g/mol. The molecule has 0 fully saturated rings. The highest BCUT2D eigenvalue weighted by Crippen LogP contribution is 2.38. The third-order valence-corrected chi connectivity index (χ3v) is 1.97. The summed E-state index contributed by atoms with van der Waals surface area (Å²) in [6, 6.07) is 3.55. The summed E-state index contributed by atoms with van der Waals surface area (Å²) >= 11 is 0. The lowest BCUT2D eigenvalue weighted by Gasteiger charge is -2.11. The molecule has 1 rings (SSSR count). The molecule has 0 unspecified atom stereocenters. The summed E-state index contributed by atoms with van der Waals surface area (Å²) < 4.78 is 10.1. The van der Waals surface area contributed by atoms with E-state index in [9.17, 15) is 5.11 Å². The van der Waals surface area contributed by atoms with Crippen LogP contribution < -0.4 is 9.47 Å². The van der Waals surface area contributed by atoms with Crippen LogP contribution in [0.4, 0.5) is 0 Å². The molecule has 0 heterocycles. The van der Waals surface area contributed by atoms with E-state index in [2.05, 4.69) is 6.58 Å². The maximum absolute atomic E-state index is 9.78. The first-order chi connectivity index (χ1) is 6.74. The van der Waals surface area contributed by atoms with Crippen molar-refractivity contribution in [3.05, 3.63) is 30.4 Å². The van der Waals surface area contributed by atoms with E-state index in [0.29, 0.717) is 17.9 Å². The number of aromatic hydroxyl groups is 1. The van der Waals surface area contributed by atoms with Gasteiger partial charge in [0, 0.05) is 5.56 Å². The summed E-state index contributed by atoms with van der Waals surface area (Å²) in [5, 5.41) is 9.78. The minimum absolute atomic E-state index is 0.117. The van der Waals surface area contributed by atoms with E-state index in [1.807, 2.05) is 0 Å². The monoisotopic (exact) mass is 194 g/mol. The average molecular weight is 194 g/mol. The van der Waals surface area contributed by atoms with Gasteiger partial charge in [-0.3, -0.25) is 0 Å². The number of phenolic OH excluding ortho intramolecular Hbond substituents is 1. The highest BCUT2D eigenvalue weighted by atomic mass is 16.5. The largest absolute Gasteiger partial charge is 0.504 e. The third kappa shape index (κ3) is 1.82. The molecule has 0 spiro atoms. The SMILES string of the molecule is C=CCc1ccc(OC)c(OC)c1O. The second kappa shape index (κ2) is 4.56. The molecule has 0 saturated carbocycles. The molecule has 0 aliphatic rings. The van der Waals surface area contributed by atoms with Crippen molar-refractivity contribution in [2.24, 2.45) is 0 Å². The number of ether oxygens (including phenoxy) is 2. The molecule has 14 heavy (non-hydrogen) atoms. The fourth-order valence-corrected chi connectivity index (χ4v) is 1.27. The zero-order valence-electron chi connectivity index (χ0n) is 8.41. The van der Waals surface area contributed by atoms with Gasteiger partial charge in [0.15, 0.2) is 11.5 Å². The van der Waals surface area contributed by atoms with E-state index in [1.54, 1.807) is 18.2 Å². The smallest absolute Gasteiger partial charge is 0.203 e. The molecule has 0 aromatic heterocycles. The maximum Gasteiger partial charge on any atom is 0.203 e. The predicted octanol–water partition coefficient (Wildman–Crippen LogP) is 2.14. The Morgan fingerprint density at radius 2 is 2.07 bits per heavy atom. The molecule has 0 radical (unpaired) electrons. The van der Waals surface area contributed by atoms with Crippen LogP contribution in [0.3, 0.4) is 0 Å². The van der Waals surface area contributed by atoms with Crippen LogP contribution in [-0.4, -0.2) is 19.3 Å². The van der Waals surface area contributed by atoms with Crippen LogP contribution in [-0.2, 0) is 6.42 Å². The van der Waals surface area contributed by atoms with Crippen molar-refractivity contribution in [2.45, 2.75) is 6.42 Å². The maximum atomic E-state index is 9.78. The van der Waals surface area contributed by atoms with Gasteiger partial charge in [0.1, 0.15) is 0 Å². The van der Waals surface area contributed by atoms with Crippen LogP contribution >= 0.6 is 0 Å². The van der Waals surface area contributed by atoms with E-state index < -0.39 is 0 Å². The van der Waals surface area contributed by atoms with Crippen molar-refractivity contribution in [3.63, 3.8) is 0 Å². The first kappa shape index (κ1) is 10.4. The Hall–Kier alpha value is -1.64. The molecule has 0 saturated heterocycles. The molecule has 1 aromatic carbocycles. The number of methoxy groups -OCH3 is 2. The van der Waals surface area contributed by atoms with E-state index >= 15 is 0 Å². The standard InChI is InChI=1S/C11H14O3/c1-4-5-8-6-7-9(13-2)11(14-3)10(8)12/h4,6-7,12H,1,5H2,2-3H3. The van der Waals surface area contributed by atoms with Gasteiger partial charge in [-0.15, -0.1) is 6.58 Å². The highest BCUT2D eigenvalue weighted by Gasteiger charge is 2.12. The highest BCUT2D eigenvalue weighted by molar-refractivity contribution is 5.55. The Morgan fingerprint density at radius 3 is 2.57 bits per heavy atom. The number of hydrogen-bond donors (Lipinski definition) is 1. The van der Waals surface area contributed by atoms with Crippen LogP contribution in [0.5, 0.6) is 17.2 Å². The van der Waals surface area contributed by atoms with E-state index in [4.69, 9.17) is 9.47 Å². The fourth-order valence-electron chi connectivity index (χ4n) is 1.27. The number of hydrogen-bond acceptors (Lipinski definition) is 3. The van der Waals surface area contributed by atoms with Gasteiger partial charge in [-0.2, -0.15) is 0 Å². The Balaban J connectivity index is 3.19. The summed E-state index contributed by atoms with van der Waals surface area (Å²) in [6.07, 6.45) is 2.33. The van der Waals surface area contributed by atoms with E-state index in [-0.39, 0.29) is 5.75 Å². The lowest BCUT2D eigenvalue weighted by atomic mass is 10.1. The van der Waals surface area contributed by atoms with Gasteiger partial charge in [0.25, 0.3) is 0 Å². The topological polar surface area (TPSA) is 38.7 Å². The van der Waals surface area contributed by atoms with E-state index in [1.165, 1.54) is 14.2 Å². The minimum Gasteiger partial charge on any atom is -0.504 e. The number of benzene rings is 1. The van der Waals surface area contributed by atoms with Gasteiger partial charge < -0.3 is 14.6 Å². The Kier molecular flexibility index (Phi) is 3.40. The van der Waals surface area contributed by atoms with Crippen molar-refractivity contribution in [1.29, 1.82) is 0 Å². The molecule has 3 heteroatoms. The third-order valence-electron chi connectivity index (χ3n) is 1.97. The van der Waals surface area contributed by atoms with Crippen molar-refractivity contribution in [1.82, 2.24) is 0 Å². The normalized spacial score (nSPS) is 9.57. The number of phenols is 1. The first-order valence-corrected chi connectivity index (χ1v) is 4.28. The molecule has 0 aliphatic heterocycles. The van der Waals surface area contributed by atoms with Crippen LogP contribution in [0.2, 0.25) is 0 Å². The number of allylic oxidation sites excluding steroid dienone is 1. The lowest BCUT2D eigenvalue weighted by molar-refractivity contribution is 0.331. The summed E-state index contributed by atoms with van der Waals surface area (Å²) in [5.41, 5.74) is 0.776. The minimum atomic E-state index is 0.117. The molecular formula is C11H14O3. The zero-order chi connectivity index (χ0) is 10.6. The van der Waals surface area contributed by atoms with Gasteiger partial charge in [0.05, 0.1) is 14.2 Å².